The monoisotopic (exact) mass is 590 g/mol. The molecule has 5 saturated carbocycles. The first kappa shape index (κ1) is 30.5. The van der Waals surface area contributed by atoms with Gasteiger partial charge in [0.05, 0.1) is 17.6 Å². The van der Waals surface area contributed by atoms with Crippen molar-refractivity contribution in [3.63, 3.8) is 0 Å². The number of hydrogen-bond donors (Lipinski definition) is 1. The van der Waals surface area contributed by atoms with Crippen molar-refractivity contribution in [3.8, 4) is 0 Å². The number of aliphatic imine (C=N–C) groups is 1. The van der Waals surface area contributed by atoms with Gasteiger partial charge in [-0.1, -0.05) is 65.0 Å². The Balaban J connectivity index is 1.34. The Kier molecular flexibility index (Phi) is 7.65. The lowest BCUT2D eigenvalue weighted by atomic mass is 9.32. The highest BCUT2D eigenvalue weighted by Crippen LogP contribution is 2.77. The van der Waals surface area contributed by atoms with Crippen LogP contribution in [0.5, 0.6) is 0 Å². The van der Waals surface area contributed by atoms with E-state index in [1.807, 2.05) is 30.3 Å². The first-order valence-electron chi connectivity index (χ1n) is 16.6. The molecule has 5 aliphatic rings. The predicted octanol–water partition coefficient (Wildman–Crippen LogP) is 8.19. The van der Waals surface area contributed by atoms with E-state index in [1.165, 1.54) is 6.40 Å². The number of rotatable bonds is 6. The molecule has 234 valence electrons. The molecular formula is C35H50N4O4. The van der Waals surface area contributed by atoms with Crippen LogP contribution in [-0.2, 0) is 21.0 Å². The van der Waals surface area contributed by atoms with Gasteiger partial charge in [-0.15, -0.1) is 0 Å². The minimum atomic E-state index is -0.569. The molecule has 1 N–H and O–H groups in total. The van der Waals surface area contributed by atoms with Gasteiger partial charge in [-0.2, -0.15) is 0 Å². The standard InChI is InChI=1S/C35H50N4O4/c1-31(2)26-14-17-34(5)27(32(26,3)16-15-28(31)40)12-11-24-29-25(37-22-43-39-38-36)13-18-35(29,20-19-33(24,34)4)30(41)42-21-23-9-7-6-8-10-23/h6-10,22,24-29,40H,11-21H2,1-5H3/t24-,25-,26+,27-,28+,29+,32+,33-,34-,35+/m1/s1. The van der Waals surface area contributed by atoms with E-state index >= 15 is 0 Å². The number of carbonyl (C=O) groups excluding carboxylic acids is 1. The van der Waals surface area contributed by atoms with Crippen LogP contribution in [0.3, 0.4) is 0 Å². The van der Waals surface area contributed by atoms with E-state index < -0.39 is 5.41 Å². The number of nitrogens with zero attached hydrogens (tertiary/aromatic N) is 4. The minimum Gasteiger partial charge on any atom is -0.460 e. The molecule has 8 nitrogen and oxygen atoms in total. The molecule has 0 bridgehead atoms. The average molecular weight is 591 g/mol. The number of esters is 1. The third-order valence-corrected chi connectivity index (χ3v) is 14.4. The number of hydrogen-bond acceptors (Lipinski definition) is 6. The van der Waals surface area contributed by atoms with E-state index in [0.29, 0.717) is 17.8 Å². The van der Waals surface area contributed by atoms with Gasteiger partial charge in [-0.05, 0) is 115 Å². The van der Waals surface area contributed by atoms with Gasteiger partial charge >= 0.3 is 5.97 Å². The Morgan fingerprint density at radius 3 is 2.47 bits per heavy atom. The molecule has 43 heavy (non-hydrogen) atoms. The lowest BCUT2D eigenvalue weighted by Crippen LogP contribution is -2.67. The molecular weight excluding hydrogens is 540 g/mol. The molecule has 5 aliphatic carbocycles. The summed E-state index contributed by atoms with van der Waals surface area (Å²) in [4.78, 5) is 26.6. The number of carbonyl (C=O) groups is 1. The van der Waals surface area contributed by atoms with Crippen LogP contribution >= 0.6 is 0 Å². The largest absolute Gasteiger partial charge is 0.460 e. The highest BCUT2D eigenvalue weighted by atomic mass is 16.6. The van der Waals surface area contributed by atoms with Crippen LogP contribution in [0, 0.1) is 50.7 Å². The maximum Gasteiger partial charge on any atom is 0.312 e. The summed E-state index contributed by atoms with van der Waals surface area (Å²) in [5.74, 6) is 1.40. The predicted molar refractivity (Wildman–Crippen MR) is 165 cm³/mol. The van der Waals surface area contributed by atoms with Gasteiger partial charge < -0.3 is 14.7 Å². The summed E-state index contributed by atoms with van der Waals surface area (Å²) >= 11 is 0. The smallest absolute Gasteiger partial charge is 0.312 e. The van der Waals surface area contributed by atoms with Crippen LogP contribution in [0.15, 0.2) is 40.6 Å². The van der Waals surface area contributed by atoms with Crippen molar-refractivity contribution in [2.45, 2.75) is 118 Å². The van der Waals surface area contributed by atoms with Crippen LogP contribution in [-0.4, -0.2) is 29.6 Å². The fraction of sp³-hybridized carbons (Fsp3) is 0.771. The Morgan fingerprint density at radius 1 is 0.953 bits per heavy atom. The highest BCUT2D eigenvalue weighted by molar-refractivity contribution is 5.78. The molecule has 0 heterocycles. The van der Waals surface area contributed by atoms with E-state index in [1.54, 1.807) is 0 Å². The van der Waals surface area contributed by atoms with Gasteiger partial charge in [0.15, 0.2) is 6.40 Å². The Hall–Kier alpha value is -2.57. The van der Waals surface area contributed by atoms with Crippen LogP contribution < -0.4 is 0 Å². The number of aliphatic hydroxyl groups is 1. The van der Waals surface area contributed by atoms with Gasteiger partial charge in [0.25, 0.3) is 0 Å². The van der Waals surface area contributed by atoms with Crippen molar-refractivity contribution in [1.82, 2.24) is 0 Å². The van der Waals surface area contributed by atoms with E-state index in [2.05, 4.69) is 44.8 Å². The van der Waals surface area contributed by atoms with E-state index in [0.717, 1.165) is 69.8 Å². The normalized spacial score (nSPS) is 44.7. The van der Waals surface area contributed by atoms with E-state index in [4.69, 9.17) is 20.1 Å². The molecule has 8 heteroatoms. The summed E-state index contributed by atoms with van der Waals surface area (Å²) in [6.07, 6.45) is 10.9. The second-order valence-corrected chi connectivity index (χ2v) is 15.9. The fourth-order valence-electron chi connectivity index (χ4n) is 12.1. The third-order valence-electron chi connectivity index (χ3n) is 14.4. The van der Waals surface area contributed by atoms with Crippen molar-refractivity contribution in [3.05, 3.63) is 46.3 Å². The Labute approximate surface area is 256 Å². The SMILES string of the molecule is CC1(C)[C@@H](O)CC[C@]2(C)[C@H]3CC[C@@H]4[C@H]5[C@H](N=CON=[N+]=[N-])CC[C@]5(C(=O)OCc5ccccc5)CC[C@@]4(C)[C@]3(C)CC[C@@H]12. The zero-order valence-corrected chi connectivity index (χ0v) is 26.7. The van der Waals surface area contributed by atoms with Gasteiger partial charge in [-0.25, -0.2) is 0 Å². The van der Waals surface area contributed by atoms with Crippen LogP contribution in [0.4, 0.5) is 0 Å². The molecule has 0 aliphatic heterocycles. The zero-order chi connectivity index (χ0) is 30.7. The number of azide groups is 1. The molecule has 5 fully saturated rings. The molecule has 10 atom stereocenters. The molecule has 0 radical (unpaired) electrons. The molecule has 0 aromatic heterocycles. The van der Waals surface area contributed by atoms with Crippen molar-refractivity contribution in [1.29, 1.82) is 0 Å². The second-order valence-electron chi connectivity index (χ2n) is 15.9. The summed E-state index contributed by atoms with van der Waals surface area (Å²) in [5.41, 5.74) is 9.43. The lowest BCUT2D eigenvalue weighted by Gasteiger charge is -2.72. The van der Waals surface area contributed by atoms with E-state index in [9.17, 15) is 9.90 Å². The van der Waals surface area contributed by atoms with Gasteiger partial charge in [0.1, 0.15) is 11.9 Å². The maximum absolute atomic E-state index is 14.2. The first-order chi connectivity index (χ1) is 20.4. The van der Waals surface area contributed by atoms with Crippen molar-refractivity contribution >= 4 is 12.4 Å². The maximum atomic E-state index is 14.2. The van der Waals surface area contributed by atoms with E-state index in [-0.39, 0.29) is 52.3 Å². The van der Waals surface area contributed by atoms with Gasteiger partial charge in [-0.3, -0.25) is 9.79 Å². The number of benzene rings is 1. The number of fused-ring (bicyclic) bond motifs is 7. The molecule has 0 amide bonds. The molecule has 1 aromatic carbocycles. The molecule has 1 aromatic rings. The quantitative estimate of drug-likeness (QED) is 0.0683. The van der Waals surface area contributed by atoms with Crippen LogP contribution in [0.2, 0.25) is 0 Å². The minimum absolute atomic E-state index is 0.0494. The summed E-state index contributed by atoms with van der Waals surface area (Å²) < 4.78 is 6.12. The van der Waals surface area contributed by atoms with Crippen molar-refractivity contribution in [2.24, 2.45) is 61.0 Å². The van der Waals surface area contributed by atoms with Crippen molar-refractivity contribution < 1.29 is 19.5 Å². The van der Waals surface area contributed by atoms with Gasteiger partial charge in [0, 0.05) is 10.8 Å². The average Bonchev–Trinajstić information content (AvgIpc) is 3.37. The zero-order valence-electron chi connectivity index (χ0n) is 26.7. The number of aliphatic hydroxyl groups excluding tert-OH is 1. The summed E-state index contributed by atoms with van der Waals surface area (Å²) in [6.45, 7) is 12.5. The van der Waals surface area contributed by atoms with Crippen molar-refractivity contribution in [2.75, 3.05) is 0 Å². The molecule has 0 unspecified atom stereocenters. The number of ether oxygens (including phenoxy) is 1. The highest BCUT2D eigenvalue weighted by Gasteiger charge is 2.72. The summed E-state index contributed by atoms with van der Waals surface area (Å²) in [7, 11) is 0. The van der Waals surface area contributed by atoms with Crippen LogP contribution in [0.1, 0.15) is 104 Å². The third kappa shape index (κ3) is 4.45. The Morgan fingerprint density at radius 2 is 1.72 bits per heavy atom. The topological polar surface area (TPSA) is 117 Å². The van der Waals surface area contributed by atoms with Gasteiger partial charge in [0.2, 0.25) is 0 Å². The second kappa shape index (κ2) is 10.8. The molecule has 0 saturated heterocycles. The summed E-state index contributed by atoms with van der Waals surface area (Å²) in [6, 6.07) is 9.84. The Bertz CT molecular complexity index is 1300. The van der Waals surface area contributed by atoms with Crippen LogP contribution in [0.25, 0.3) is 10.4 Å². The summed E-state index contributed by atoms with van der Waals surface area (Å²) in [5, 5.41) is 14.2. The first-order valence-corrected chi connectivity index (χ1v) is 16.6. The lowest BCUT2D eigenvalue weighted by molar-refractivity contribution is -0.247. The fourth-order valence-corrected chi connectivity index (χ4v) is 12.1. The molecule has 0 spiro atoms. The molecule has 6 rings (SSSR count).